The van der Waals surface area contributed by atoms with Gasteiger partial charge in [0.25, 0.3) is 0 Å². The molecule has 1 aliphatic carbocycles. The van der Waals surface area contributed by atoms with E-state index in [1.807, 2.05) is 53.4 Å². The van der Waals surface area contributed by atoms with Gasteiger partial charge in [0.1, 0.15) is 6.61 Å². The molecular formula is C28H37N3O3. The molecule has 2 aromatic carbocycles. The van der Waals surface area contributed by atoms with Crippen molar-refractivity contribution in [1.82, 2.24) is 15.1 Å². The van der Waals surface area contributed by atoms with Crippen LogP contribution in [0.3, 0.4) is 0 Å². The number of nitrogens with one attached hydrogen (secondary N) is 1. The Hall–Kier alpha value is -2.70. The quantitative estimate of drug-likeness (QED) is 0.588. The van der Waals surface area contributed by atoms with E-state index >= 15 is 0 Å². The minimum atomic E-state index is -0.0927. The van der Waals surface area contributed by atoms with Gasteiger partial charge in [-0.3, -0.25) is 14.5 Å². The standard InChI is InChI=1S/C28H37N3O3/c32-26(22-34-21-24-11-5-2-6-12-24)30-17-19-31(20-18-30)27(25-13-7-8-14-25)28(33)29-16-15-23-9-3-1-4-10-23/h1-6,9-12,25,27H,7-8,13-22H2,(H,29,33)/t27-/m1/s1. The van der Waals surface area contributed by atoms with Crippen LogP contribution in [-0.2, 0) is 27.4 Å². The van der Waals surface area contributed by atoms with Gasteiger partial charge in [0, 0.05) is 32.7 Å². The first-order valence-corrected chi connectivity index (χ1v) is 12.7. The van der Waals surface area contributed by atoms with E-state index in [2.05, 4.69) is 22.3 Å². The van der Waals surface area contributed by atoms with E-state index in [4.69, 9.17) is 4.74 Å². The zero-order valence-corrected chi connectivity index (χ0v) is 20.0. The number of rotatable bonds is 10. The lowest BCUT2D eigenvalue weighted by atomic mass is 9.95. The second-order valence-electron chi connectivity index (χ2n) is 9.41. The highest BCUT2D eigenvalue weighted by Crippen LogP contribution is 2.31. The maximum atomic E-state index is 13.3. The molecule has 1 aliphatic heterocycles. The van der Waals surface area contributed by atoms with Gasteiger partial charge in [-0.2, -0.15) is 0 Å². The lowest BCUT2D eigenvalue weighted by Gasteiger charge is -2.40. The van der Waals surface area contributed by atoms with Crippen LogP contribution in [0.15, 0.2) is 60.7 Å². The Labute approximate surface area is 203 Å². The molecule has 2 amide bonds. The van der Waals surface area contributed by atoms with Crippen molar-refractivity contribution in [2.24, 2.45) is 5.92 Å². The molecule has 4 rings (SSSR count). The van der Waals surface area contributed by atoms with E-state index in [0.717, 1.165) is 37.9 Å². The smallest absolute Gasteiger partial charge is 0.248 e. The maximum Gasteiger partial charge on any atom is 0.248 e. The van der Waals surface area contributed by atoms with Crippen LogP contribution < -0.4 is 5.32 Å². The monoisotopic (exact) mass is 463 g/mol. The van der Waals surface area contributed by atoms with Crippen molar-refractivity contribution in [3.63, 3.8) is 0 Å². The average molecular weight is 464 g/mol. The summed E-state index contributed by atoms with van der Waals surface area (Å²) in [6, 6.07) is 20.1. The molecular weight excluding hydrogens is 426 g/mol. The number of hydrogen-bond acceptors (Lipinski definition) is 4. The Morgan fingerprint density at radius 3 is 2.15 bits per heavy atom. The zero-order valence-electron chi connectivity index (χ0n) is 20.0. The minimum Gasteiger partial charge on any atom is -0.367 e. The number of carbonyl (C=O) groups excluding carboxylic acids is 2. The molecule has 0 aromatic heterocycles. The van der Waals surface area contributed by atoms with E-state index in [-0.39, 0.29) is 24.5 Å². The molecule has 6 heteroatoms. The van der Waals surface area contributed by atoms with Gasteiger partial charge in [0.05, 0.1) is 12.6 Å². The van der Waals surface area contributed by atoms with Crippen LogP contribution in [0.1, 0.15) is 36.8 Å². The average Bonchev–Trinajstić information content (AvgIpc) is 3.40. The molecule has 2 fully saturated rings. The van der Waals surface area contributed by atoms with Crippen molar-refractivity contribution in [3.8, 4) is 0 Å². The molecule has 2 aromatic rings. The highest BCUT2D eigenvalue weighted by Gasteiger charge is 2.37. The van der Waals surface area contributed by atoms with E-state index in [1.165, 1.54) is 18.4 Å². The summed E-state index contributed by atoms with van der Waals surface area (Å²) in [5.41, 5.74) is 2.31. The van der Waals surface area contributed by atoms with Crippen LogP contribution in [-0.4, -0.2) is 67.0 Å². The maximum absolute atomic E-state index is 13.3. The Bertz CT molecular complexity index is 892. The minimum absolute atomic E-state index is 0.0281. The van der Waals surface area contributed by atoms with Crippen molar-refractivity contribution < 1.29 is 14.3 Å². The molecule has 6 nitrogen and oxygen atoms in total. The summed E-state index contributed by atoms with van der Waals surface area (Å²) in [7, 11) is 0. The highest BCUT2D eigenvalue weighted by atomic mass is 16.5. The number of carbonyl (C=O) groups is 2. The summed E-state index contributed by atoms with van der Waals surface area (Å²) in [5.74, 6) is 0.585. The van der Waals surface area contributed by atoms with E-state index < -0.39 is 0 Å². The molecule has 1 saturated carbocycles. The second-order valence-corrected chi connectivity index (χ2v) is 9.41. The van der Waals surface area contributed by atoms with Gasteiger partial charge in [-0.1, -0.05) is 73.5 Å². The Kier molecular flexibility index (Phi) is 9.11. The third-order valence-corrected chi connectivity index (χ3v) is 7.07. The van der Waals surface area contributed by atoms with Crippen LogP contribution in [0.2, 0.25) is 0 Å². The largest absolute Gasteiger partial charge is 0.367 e. The summed E-state index contributed by atoms with van der Waals surface area (Å²) in [5, 5.41) is 3.20. The van der Waals surface area contributed by atoms with Gasteiger partial charge in [0.15, 0.2) is 0 Å². The number of amides is 2. The van der Waals surface area contributed by atoms with Crippen LogP contribution in [0.25, 0.3) is 0 Å². The van der Waals surface area contributed by atoms with Crippen LogP contribution in [0.5, 0.6) is 0 Å². The van der Waals surface area contributed by atoms with Crippen LogP contribution >= 0.6 is 0 Å². The van der Waals surface area contributed by atoms with Gasteiger partial charge in [0.2, 0.25) is 11.8 Å². The summed E-state index contributed by atoms with van der Waals surface area (Å²) >= 11 is 0. The lowest BCUT2D eigenvalue weighted by molar-refractivity contribution is -0.139. The van der Waals surface area contributed by atoms with Gasteiger partial charge >= 0.3 is 0 Å². The molecule has 1 saturated heterocycles. The van der Waals surface area contributed by atoms with Crippen molar-refractivity contribution in [3.05, 3.63) is 71.8 Å². The van der Waals surface area contributed by atoms with Crippen LogP contribution in [0, 0.1) is 5.92 Å². The second kappa shape index (κ2) is 12.7. The Morgan fingerprint density at radius 1 is 0.882 bits per heavy atom. The van der Waals surface area contributed by atoms with Crippen molar-refractivity contribution in [1.29, 1.82) is 0 Å². The molecule has 0 spiro atoms. The summed E-state index contributed by atoms with van der Waals surface area (Å²) in [6.45, 7) is 3.96. The van der Waals surface area contributed by atoms with E-state index in [9.17, 15) is 9.59 Å². The van der Waals surface area contributed by atoms with E-state index in [0.29, 0.717) is 32.2 Å². The first-order valence-electron chi connectivity index (χ1n) is 12.7. The predicted octanol–water partition coefficient (Wildman–Crippen LogP) is 3.27. The number of ether oxygens (including phenoxy) is 1. The number of piperazine rings is 1. The zero-order chi connectivity index (χ0) is 23.6. The molecule has 1 atom stereocenters. The van der Waals surface area contributed by atoms with Gasteiger partial charge < -0.3 is 15.0 Å². The molecule has 182 valence electrons. The Morgan fingerprint density at radius 2 is 1.50 bits per heavy atom. The number of hydrogen-bond donors (Lipinski definition) is 1. The third-order valence-electron chi connectivity index (χ3n) is 7.07. The SMILES string of the molecule is O=C(NCCc1ccccc1)[C@@H](C1CCCC1)N1CCN(C(=O)COCc2ccccc2)CC1. The number of benzene rings is 2. The predicted molar refractivity (Wildman–Crippen MR) is 133 cm³/mol. The molecule has 2 aliphatic rings. The van der Waals surface area contributed by atoms with Crippen molar-refractivity contribution in [2.45, 2.75) is 44.8 Å². The molecule has 34 heavy (non-hydrogen) atoms. The first-order chi connectivity index (χ1) is 16.7. The Balaban J connectivity index is 1.25. The normalized spacial score (nSPS) is 18.1. The van der Waals surface area contributed by atoms with Gasteiger partial charge in [-0.15, -0.1) is 0 Å². The first kappa shape index (κ1) is 24.4. The van der Waals surface area contributed by atoms with Crippen molar-refractivity contribution >= 4 is 11.8 Å². The van der Waals surface area contributed by atoms with Crippen molar-refractivity contribution in [2.75, 3.05) is 39.3 Å². The fraction of sp³-hybridized carbons (Fsp3) is 0.500. The molecule has 0 radical (unpaired) electrons. The molecule has 1 heterocycles. The van der Waals surface area contributed by atoms with Gasteiger partial charge in [-0.25, -0.2) is 0 Å². The fourth-order valence-corrected chi connectivity index (χ4v) is 5.20. The molecule has 0 unspecified atom stereocenters. The third kappa shape index (κ3) is 6.90. The lowest BCUT2D eigenvalue weighted by Crippen LogP contribution is -2.58. The number of nitrogens with zero attached hydrogens (tertiary/aromatic N) is 2. The summed E-state index contributed by atoms with van der Waals surface area (Å²) in [4.78, 5) is 30.1. The molecule has 0 bridgehead atoms. The highest BCUT2D eigenvalue weighted by molar-refractivity contribution is 5.82. The van der Waals surface area contributed by atoms with Crippen LogP contribution in [0.4, 0.5) is 0 Å². The molecule has 1 N–H and O–H groups in total. The van der Waals surface area contributed by atoms with Gasteiger partial charge in [-0.05, 0) is 36.3 Å². The summed E-state index contributed by atoms with van der Waals surface area (Å²) < 4.78 is 5.64. The fourth-order valence-electron chi connectivity index (χ4n) is 5.20. The topological polar surface area (TPSA) is 61.9 Å². The summed E-state index contributed by atoms with van der Waals surface area (Å²) in [6.07, 6.45) is 5.48. The van der Waals surface area contributed by atoms with E-state index in [1.54, 1.807) is 0 Å².